The molecule has 4 heteroatoms. The van der Waals surface area contributed by atoms with Gasteiger partial charge in [0.05, 0.1) is 17.4 Å². The van der Waals surface area contributed by atoms with Crippen molar-refractivity contribution in [2.45, 2.75) is 13.8 Å². The number of H-pyrrole nitrogens is 1. The van der Waals surface area contributed by atoms with Gasteiger partial charge in [-0.1, -0.05) is 24.3 Å². The van der Waals surface area contributed by atoms with Gasteiger partial charge in [0, 0.05) is 29.9 Å². The summed E-state index contributed by atoms with van der Waals surface area (Å²) in [5.74, 6) is 0. The summed E-state index contributed by atoms with van der Waals surface area (Å²) in [6.45, 7) is 4.86. The van der Waals surface area contributed by atoms with Crippen LogP contribution in [0, 0.1) is 0 Å². The van der Waals surface area contributed by atoms with Crippen molar-refractivity contribution < 1.29 is 0 Å². The van der Waals surface area contributed by atoms with Crippen molar-refractivity contribution in [1.82, 2.24) is 15.2 Å². The maximum absolute atomic E-state index is 4.36. The quantitative estimate of drug-likeness (QED) is 0.679. The summed E-state index contributed by atoms with van der Waals surface area (Å²) < 4.78 is 0. The second-order valence-corrected chi connectivity index (χ2v) is 5.35. The van der Waals surface area contributed by atoms with Crippen molar-refractivity contribution in [3.05, 3.63) is 66.7 Å². The first-order chi connectivity index (χ1) is 11.3. The molecule has 0 amide bonds. The molecule has 0 saturated heterocycles. The Hall–Kier alpha value is -2.88. The van der Waals surface area contributed by atoms with Gasteiger partial charge in [0.15, 0.2) is 0 Å². The predicted octanol–water partition coefficient (Wildman–Crippen LogP) is 4.56. The molecule has 2 heterocycles. The lowest BCUT2D eigenvalue weighted by Gasteiger charge is -2.09. The molecule has 0 aliphatic heterocycles. The minimum absolute atomic E-state index is 0.784. The molecule has 23 heavy (non-hydrogen) atoms. The first kappa shape index (κ1) is 15.0. The minimum atomic E-state index is 0.784. The van der Waals surface area contributed by atoms with Crippen LogP contribution in [-0.4, -0.2) is 21.7 Å². The fraction of sp³-hybridized carbons (Fsp3) is 0.158. The van der Waals surface area contributed by atoms with Crippen LogP contribution < -0.4 is 5.32 Å². The molecule has 2 aromatic heterocycles. The number of hydrogen-bond donors (Lipinski definition) is 2. The highest BCUT2D eigenvalue weighted by Crippen LogP contribution is 2.24. The van der Waals surface area contributed by atoms with Crippen molar-refractivity contribution in [2.75, 3.05) is 11.9 Å². The Kier molecular flexibility index (Phi) is 4.52. The van der Waals surface area contributed by atoms with Crippen LogP contribution in [0.2, 0.25) is 0 Å². The van der Waals surface area contributed by atoms with Crippen LogP contribution >= 0.6 is 0 Å². The van der Waals surface area contributed by atoms with Gasteiger partial charge in [-0.3, -0.25) is 10.1 Å². The van der Waals surface area contributed by atoms with Crippen molar-refractivity contribution in [3.8, 4) is 11.1 Å². The van der Waals surface area contributed by atoms with Crippen molar-refractivity contribution in [3.63, 3.8) is 0 Å². The number of nitrogens with zero attached hydrogens (tertiary/aromatic N) is 2. The van der Waals surface area contributed by atoms with E-state index in [4.69, 9.17) is 0 Å². The molecule has 2 N–H and O–H groups in total. The molecule has 3 aromatic rings. The number of allylic oxidation sites excluding steroid dienone is 2. The SMILES string of the molecule is C/C=C\C(=C/C)CNc1cncc(-c2ccc3[nH]ncc3c2)c1. The summed E-state index contributed by atoms with van der Waals surface area (Å²) in [7, 11) is 0. The van der Waals surface area contributed by atoms with Gasteiger partial charge < -0.3 is 5.32 Å². The summed E-state index contributed by atoms with van der Waals surface area (Å²) in [6, 6.07) is 8.37. The molecule has 0 aliphatic carbocycles. The fourth-order valence-electron chi connectivity index (χ4n) is 2.49. The summed E-state index contributed by atoms with van der Waals surface area (Å²) in [4.78, 5) is 4.36. The lowest BCUT2D eigenvalue weighted by Crippen LogP contribution is -2.03. The lowest BCUT2D eigenvalue weighted by molar-refractivity contribution is 1.12. The van der Waals surface area contributed by atoms with Gasteiger partial charge in [0.1, 0.15) is 0 Å². The Morgan fingerprint density at radius 2 is 2.04 bits per heavy atom. The minimum Gasteiger partial charge on any atom is -0.380 e. The van der Waals surface area contributed by atoms with Gasteiger partial charge in [-0.15, -0.1) is 0 Å². The van der Waals surface area contributed by atoms with Crippen molar-refractivity contribution >= 4 is 16.6 Å². The molecule has 116 valence electrons. The molecule has 0 bridgehead atoms. The van der Waals surface area contributed by atoms with Gasteiger partial charge in [0.2, 0.25) is 0 Å². The Morgan fingerprint density at radius 3 is 2.87 bits per heavy atom. The number of nitrogens with one attached hydrogen (secondary N) is 2. The topological polar surface area (TPSA) is 53.6 Å². The molecule has 1 aromatic carbocycles. The summed E-state index contributed by atoms with van der Waals surface area (Å²) in [5, 5.41) is 11.6. The summed E-state index contributed by atoms with van der Waals surface area (Å²) in [6.07, 6.45) is 11.8. The van der Waals surface area contributed by atoms with E-state index in [0.717, 1.165) is 34.3 Å². The maximum atomic E-state index is 4.36. The molecule has 3 rings (SSSR count). The number of anilines is 1. The van der Waals surface area contributed by atoms with Gasteiger partial charge in [0.25, 0.3) is 0 Å². The zero-order chi connectivity index (χ0) is 16.1. The van der Waals surface area contributed by atoms with Crippen LogP contribution in [0.5, 0.6) is 0 Å². The Bertz CT molecular complexity index is 858. The maximum Gasteiger partial charge on any atom is 0.0650 e. The van der Waals surface area contributed by atoms with E-state index in [0.29, 0.717) is 0 Å². The molecule has 0 saturated carbocycles. The molecule has 0 unspecified atom stereocenters. The van der Waals surface area contributed by atoms with Gasteiger partial charge in [-0.05, 0) is 43.2 Å². The third kappa shape index (κ3) is 3.48. The highest BCUT2D eigenvalue weighted by atomic mass is 15.1. The van der Waals surface area contributed by atoms with Gasteiger partial charge >= 0.3 is 0 Å². The normalized spacial score (nSPS) is 12.2. The standard InChI is InChI=1S/C19H20N4/c1-3-5-14(4-2)10-21-18-9-16(11-20-13-18)15-6-7-19-17(8-15)12-22-23-19/h3-9,11-13,21H,10H2,1-2H3,(H,22,23)/b5-3-,14-4+. The van der Waals surface area contributed by atoms with Gasteiger partial charge in [-0.2, -0.15) is 5.10 Å². The van der Waals surface area contributed by atoms with Crippen molar-refractivity contribution in [2.24, 2.45) is 0 Å². The summed E-state index contributed by atoms with van der Waals surface area (Å²) >= 11 is 0. The van der Waals surface area contributed by atoms with Crippen LogP contribution in [0.15, 0.2) is 66.7 Å². The molecule has 0 atom stereocenters. The van der Waals surface area contributed by atoms with Gasteiger partial charge in [-0.25, -0.2) is 0 Å². The molecule has 0 spiro atoms. The number of benzene rings is 1. The van der Waals surface area contributed by atoms with E-state index in [2.05, 4.69) is 50.8 Å². The average molecular weight is 304 g/mol. The van der Waals surface area contributed by atoms with Crippen LogP contribution in [0.4, 0.5) is 5.69 Å². The average Bonchev–Trinajstić information content (AvgIpc) is 3.06. The number of rotatable bonds is 5. The molecule has 0 radical (unpaired) electrons. The third-order valence-electron chi connectivity index (χ3n) is 3.76. The van der Waals surface area contributed by atoms with Crippen LogP contribution in [0.3, 0.4) is 0 Å². The molecular formula is C19H20N4. The third-order valence-corrected chi connectivity index (χ3v) is 3.76. The largest absolute Gasteiger partial charge is 0.380 e. The van der Waals surface area contributed by atoms with E-state index in [1.165, 1.54) is 5.57 Å². The highest BCUT2D eigenvalue weighted by Gasteiger charge is 2.03. The number of fused-ring (bicyclic) bond motifs is 1. The summed E-state index contributed by atoms with van der Waals surface area (Å²) in [5.41, 5.74) is 5.53. The predicted molar refractivity (Wildman–Crippen MR) is 96.4 cm³/mol. The molecule has 0 fully saturated rings. The Labute approximate surface area is 136 Å². The number of pyridine rings is 1. The Morgan fingerprint density at radius 1 is 1.13 bits per heavy atom. The van der Waals surface area contributed by atoms with Crippen molar-refractivity contribution in [1.29, 1.82) is 0 Å². The fourth-order valence-corrected chi connectivity index (χ4v) is 2.49. The Balaban J connectivity index is 1.81. The lowest BCUT2D eigenvalue weighted by atomic mass is 10.1. The van der Waals surface area contributed by atoms with Crippen LogP contribution in [-0.2, 0) is 0 Å². The van der Waals surface area contributed by atoms with E-state index in [1.807, 2.05) is 44.6 Å². The second-order valence-electron chi connectivity index (χ2n) is 5.35. The van der Waals surface area contributed by atoms with Crippen LogP contribution in [0.1, 0.15) is 13.8 Å². The van der Waals surface area contributed by atoms with E-state index >= 15 is 0 Å². The number of aromatic amines is 1. The zero-order valence-electron chi connectivity index (χ0n) is 13.4. The molecular weight excluding hydrogens is 284 g/mol. The van der Waals surface area contributed by atoms with E-state index in [1.54, 1.807) is 0 Å². The zero-order valence-corrected chi connectivity index (χ0v) is 13.4. The second kappa shape index (κ2) is 6.92. The van der Waals surface area contributed by atoms with E-state index in [9.17, 15) is 0 Å². The first-order valence-electron chi connectivity index (χ1n) is 7.70. The monoisotopic (exact) mass is 304 g/mol. The first-order valence-corrected chi connectivity index (χ1v) is 7.70. The number of aromatic nitrogens is 3. The van der Waals surface area contributed by atoms with Crippen LogP contribution in [0.25, 0.3) is 22.0 Å². The molecule has 0 aliphatic rings. The highest BCUT2D eigenvalue weighted by molar-refractivity contribution is 5.84. The number of hydrogen-bond acceptors (Lipinski definition) is 3. The van der Waals surface area contributed by atoms with E-state index < -0.39 is 0 Å². The smallest absolute Gasteiger partial charge is 0.0650 e. The molecule has 4 nitrogen and oxygen atoms in total. The van der Waals surface area contributed by atoms with E-state index in [-0.39, 0.29) is 0 Å².